The van der Waals surface area contributed by atoms with Gasteiger partial charge in [0.05, 0.1) is 5.69 Å². The molecule has 0 bridgehead atoms. The van der Waals surface area contributed by atoms with Crippen LogP contribution in [0.15, 0.2) is 46.1 Å². The molecule has 0 radical (unpaired) electrons. The maximum absolute atomic E-state index is 13.4. The molecule has 1 aliphatic heterocycles. The Labute approximate surface area is 194 Å². The maximum Gasteiger partial charge on any atom is 0.193 e. The van der Waals surface area contributed by atoms with Crippen molar-refractivity contribution in [1.29, 1.82) is 0 Å². The first-order valence-corrected chi connectivity index (χ1v) is 10.5. The molecule has 1 saturated heterocycles. The van der Waals surface area contributed by atoms with Gasteiger partial charge in [0, 0.05) is 57.8 Å². The minimum Gasteiger partial charge on any atom is -0.364 e. The molecule has 2 aromatic rings. The summed E-state index contributed by atoms with van der Waals surface area (Å²) in [4.78, 5) is 9.25. The predicted octanol–water partition coefficient (Wildman–Crippen LogP) is 3.64. The van der Waals surface area contributed by atoms with E-state index in [0.29, 0.717) is 0 Å². The molecule has 2 aliphatic rings. The van der Waals surface area contributed by atoms with Gasteiger partial charge in [0.25, 0.3) is 0 Å². The zero-order valence-corrected chi connectivity index (χ0v) is 19.8. The minimum atomic E-state index is -0.172. The Balaban J connectivity index is 0.00000256. The minimum absolute atomic E-state index is 0. The lowest BCUT2D eigenvalue weighted by atomic mass is 9.79. The second-order valence-corrected chi connectivity index (χ2v) is 8.15. The van der Waals surface area contributed by atoms with Crippen molar-refractivity contribution in [3.8, 4) is 0 Å². The highest BCUT2D eigenvalue weighted by Gasteiger charge is 2.36. The largest absolute Gasteiger partial charge is 0.364 e. The molecule has 2 heterocycles. The summed E-state index contributed by atoms with van der Waals surface area (Å²) >= 11 is 0. The van der Waals surface area contributed by atoms with Crippen LogP contribution in [-0.2, 0) is 12.0 Å². The van der Waals surface area contributed by atoms with Gasteiger partial charge >= 0.3 is 0 Å². The number of nitrogens with one attached hydrogen (secondary N) is 1. The quantitative estimate of drug-likeness (QED) is 0.366. The Hall–Kier alpha value is -1.68. The Morgan fingerprint density at radius 3 is 2.43 bits per heavy atom. The van der Waals surface area contributed by atoms with Crippen LogP contribution < -0.4 is 5.32 Å². The second-order valence-electron chi connectivity index (χ2n) is 8.15. The lowest BCUT2D eigenvalue weighted by molar-refractivity contribution is 0.168. The van der Waals surface area contributed by atoms with Crippen LogP contribution in [0.5, 0.6) is 0 Å². The van der Waals surface area contributed by atoms with Crippen molar-refractivity contribution in [2.24, 2.45) is 4.99 Å². The van der Waals surface area contributed by atoms with E-state index in [4.69, 9.17) is 4.52 Å². The summed E-state index contributed by atoms with van der Waals surface area (Å²) in [6, 6.07) is 8.99. The van der Waals surface area contributed by atoms with Gasteiger partial charge in [-0.3, -0.25) is 9.89 Å². The van der Waals surface area contributed by atoms with Gasteiger partial charge in [-0.15, -0.1) is 24.0 Å². The van der Waals surface area contributed by atoms with Crippen molar-refractivity contribution in [1.82, 2.24) is 20.3 Å². The number of benzene rings is 1. The van der Waals surface area contributed by atoms with Gasteiger partial charge in [0.2, 0.25) is 0 Å². The van der Waals surface area contributed by atoms with Gasteiger partial charge in [-0.2, -0.15) is 0 Å². The number of hydrogen-bond donors (Lipinski definition) is 1. The molecule has 8 heteroatoms. The monoisotopic (exact) mass is 527 g/mol. The number of rotatable bonds is 5. The highest BCUT2D eigenvalue weighted by molar-refractivity contribution is 14.0. The summed E-state index contributed by atoms with van der Waals surface area (Å²) in [5, 5.41) is 7.64. The van der Waals surface area contributed by atoms with Crippen LogP contribution in [0.2, 0.25) is 0 Å². The maximum atomic E-state index is 13.4. The second kappa shape index (κ2) is 10.6. The third-order valence-corrected chi connectivity index (χ3v) is 6.36. The number of halogens is 2. The van der Waals surface area contributed by atoms with Crippen molar-refractivity contribution in [3.63, 3.8) is 0 Å². The van der Waals surface area contributed by atoms with Gasteiger partial charge in [0.15, 0.2) is 5.96 Å². The number of nitrogens with zero attached hydrogens (tertiary/aromatic N) is 4. The molecule has 4 rings (SSSR count). The van der Waals surface area contributed by atoms with Crippen molar-refractivity contribution in [3.05, 3.63) is 53.7 Å². The highest BCUT2D eigenvalue weighted by Crippen LogP contribution is 2.40. The fraction of sp³-hybridized carbons (Fsp3) is 0.545. The Morgan fingerprint density at radius 2 is 1.83 bits per heavy atom. The number of guanidine groups is 1. The third kappa shape index (κ3) is 5.32. The van der Waals surface area contributed by atoms with E-state index in [1.165, 1.54) is 18.4 Å². The lowest BCUT2D eigenvalue weighted by Crippen LogP contribution is -2.53. The van der Waals surface area contributed by atoms with E-state index in [1.54, 1.807) is 18.4 Å². The van der Waals surface area contributed by atoms with Crippen LogP contribution in [-0.4, -0.2) is 60.7 Å². The molecule has 2 fully saturated rings. The fourth-order valence-corrected chi connectivity index (χ4v) is 4.67. The molecule has 0 amide bonds. The summed E-state index contributed by atoms with van der Waals surface area (Å²) in [5.41, 5.74) is 2.28. The molecule has 0 atom stereocenters. The summed E-state index contributed by atoms with van der Waals surface area (Å²) in [6.45, 7) is 5.46. The molecule has 1 saturated carbocycles. The van der Waals surface area contributed by atoms with Crippen LogP contribution in [0.25, 0.3) is 0 Å². The summed E-state index contributed by atoms with van der Waals surface area (Å²) in [5.74, 6) is 0.786. The van der Waals surface area contributed by atoms with Gasteiger partial charge in [-0.05, 0) is 30.5 Å². The zero-order valence-electron chi connectivity index (χ0n) is 17.5. The average Bonchev–Trinajstić information content (AvgIpc) is 3.43. The van der Waals surface area contributed by atoms with Crippen molar-refractivity contribution >= 4 is 29.9 Å². The molecule has 1 aliphatic carbocycles. The first-order valence-electron chi connectivity index (χ1n) is 10.5. The third-order valence-electron chi connectivity index (χ3n) is 6.36. The van der Waals surface area contributed by atoms with Crippen molar-refractivity contribution in [2.45, 2.75) is 37.6 Å². The molecule has 1 aromatic heterocycles. The van der Waals surface area contributed by atoms with Crippen LogP contribution in [0.4, 0.5) is 4.39 Å². The van der Waals surface area contributed by atoms with E-state index < -0.39 is 0 Å². The first-order chi connectivity index (χ1) is 14.2. The van der Waals surface area contributed by atoms with Crippen LogP contribution in [0.3, 0.4) is 0 Å². The molecule has 1 aromatic carbocycles. The van der Waals surface area contributed by atoms with Crippen molar-refractivity contribution < 1.29 is 8.91 Å². The molecule has 6 nitrogen and oxygen atoms in total. The lowest BCUT2D eigenvalue weighted by Gasteiger charge is -2.38. The Morgan fingerprint density at radius 1 is 1.13 bits per heavy atom. The zero-order chi connectivity index (χ0) is 20.1. The van der Waals surface area contributed by atoms with Crippen LogP contribution in [0.1, 0.15) is 36.9 Å². The SMILES string of the molecule is CN=C(NCC1(c2ccc(F)cc2)CCCC1)N1CCN(Cc2ccon2)CC1.I. The van der Waals surface area contributed by atoms with Gasteiger partial charge < -0.3 is 14.7 Å². The Bertz CT molecular complexity index is 797. The average molecular weight is 527 g/mol. The van der Waals surface area contributed by atoms with E-state index in [2.05, 4.69) is 25.3 Å². The number of aromatic nitrogens is 1. The summed E-state index contributed by atoms with van der Waals surface area (Å²) in [6.07, 6.45) is 6.33. The smallest absolute Gasteiger partial charge is 0.193 e. The fourth-order valence-electron chi connectivity index (χ4n) is 4.67. The van der Waals surface area contributed by atoms with Gasteiger partial charge in [-0.1, -0.05) is 30.1 Å². The first kappa shape index (κ1) is 23.0. The summed E-state index contributed by atoms with van der Waals surface area (Å²) < 4.78 is 18.3. The van der Waals surface area contributed by atoms with Gasteiger partial charge in [0.1, 0.15) is 12.1 Å². The number of aliphatic imine (C=N–C) groups is 1. The van der Waals surface area contributed by atoms with E-state index in [0.717, 1.165) is 63.8 Å². The Kier molecular flexibility index (Phi) is 8.10. The van der Waals surface area contributed by atoms with E-state index in [9.17, 15) is 4.39 Å². The standard InChI is InChI=1S/C22H30FN5O.HI/c1-24-21(28-13-11-27(12-14-28)16-20-8-15-29-26-20)25-17-22(9-2-3-10-22)18-4-6-19(23)7-5-18;/h4-8,15H,2-3,9-14,16-17H2,1H3,(H,24,25);1H. The summed E-state index contributed by atoms with van der Waals surface area (Å²) in [7, 11) is 1.85. The van der Waals surface area contributed by atoms with E-state index >= 15 is 0 Å². The van der Waals surface area contributed by atoms with E-state index in [-0.39, 0.29) is 35.2 Å². The van der Waals surface area contributed by atoms with Crippen LogP contribution in [0, 0.1) is 5.82 Å². The molecule has 30 heavy (non-hydrogen) atoms. The highest BCUT2D eigenvalue weighted by atomic mass is 127. The molecule has 164 valence electrons. The molecule has 1 N–H and O–H groups in total. The molecular formula is C22H31FIN5O. The number of piperazine rings is 1. The normalized spacial score (nSPS) is 19.5. The topological polar surface area (TPSA) is 56.9 Å². The van der Waals surface area contributed by atoms with Crippen molar-refractivity contribution in [2.75, 3.05) is 39.8 Å². The van der Waals surface area contributed by atoms with Crippen LogP contribution >= 0.6 is 24.0 Å². The van der Waals surface area contributed by atoms with E-state index in [1.807, 2.05) is 25.2 Å². The number of hydrogen-bond acceptors (Lipinski definition) is 4. The molecule has 0 unspecified atom stereocenters. The van der Waals surface area contributed by atoms with Gasteiger partial charge in [-0.25, -0.2) is 4.39 Å². The molecule has 0 spiro atoms. The predicted molar refractivity (Wildman–Crippen MR) is 127 cm³/mol. The molecular weight excluding hydrogens is 496 g/mol.